The molecule has 4 aromatic rings. The lowest BCUT2D eigenvalue weighted by molar-refractivity contribution is 0.0973. The number of anilines is 1. The van der Waals surface area contributed by atoms with Gasteiger partial charge in [0.2, 0.25) is 5.95 Å². The van der Waals surface area contributed by atoms with Gasteiger partial charge in [-0.05, 0) is 38.0 Å². The zero-order chi connectivity index (χ0) is 23.3. The number of ether oxygens (including phenoxy) is 1. The van der Waals surface area contributed by atoms with E-state index >= 15 is 0 Å². The summed E-state index contributed by atoms with van der Waals surface area (Å²) < 4.78 is 7.95. The van der Waals surface area contributed by atoms with Crippen LogP contribution in [0.5, 0.6) is 0 Å². The topological polar surface area (TPSA) is 105 Å². The van der Waals surface area contributed by atoms with E-state index in [4.69, 9.17) is 15.5 Å². The maximum Gasteiger partial charge on any atom is 0.211 e. The zero-order valence-electron chi connectivity index (χ0n) is 18.9. The first-order valence-electron chi connectivity index (χ1n) is 11.5. The molecule has 0 aliphatic carbocycles. The number of rotatable bonds is 3. The molecule has 2 fully saturated rings. The molecular weight excluding hydrogens is 446 g/mol. The van der Waals surface area contributed by atoms with E-state index in [1.54, 1.807) is 18.0 Å². The van der Waals surface area contributed by atoms with E-state index in [-0.39, 0.29) is 17.6 Å². The molecule has 5 heterocycles. The molecule has 2 aliphatic rings. The number of nitrogens with two attached hydrogens (primary N) is 1. The van der Waals surface area contributed by atoms with E-state index in [1.165, 1.54) is 0 Å². The first-order valence-corrected chi connectivity index (χ1v) is 12.3. The summed E-state index contributed by atoms with van der Waals surface area (Å²) in [5.41, 5.74) is 8.86. The normalized spacial score (nSPS) is 22.0. The number of hydrogen-bond acceptors (Lipinski definition) is 8. The van der Waals surface area contributed by atoms with Crippen molar-refractivity contribution in [3.05, 3.63) is 54.6 Å². The second-order valence-electron chi connectivity index (χ2n) is 9.19. The Kier molecular flexibility index (Phi) is 5.17. The molecule has 2 atom stereocenters. The Hall–Kier alpha value is -3.19. The molecule has 0 bridgehead atoms. The van der Waals surface area contributed by atoms with Gasteiger partial charge in [-0.3, -0.25) is 9.38 Å². The lowest BCUT2D eigenvalue weighted by Crippen LogP contribution is -2.51. The van der Waals surface area contributed by atoms with Crippen LogP contribution in [0, 0.1) is 16.7 Å². The largest absolute Gasteiger partial charge is 0.376 e. The Morgan fingerprint density at radius 3 is 2.76 bits per heavy atom. The number of aromatic nitrogens is 4. The maximum atomic E-state index is 9.20. The minimum atomic E-state index is 0.0770. The number of fused-ring (bicyclic) bond motifs is 2. The Morgan fingerprint density at radius 1 is 1.15 bits per heavy atom. The van der Waals surface area contributed by atoms with Gasteiger partial charge in [0, 0.05) is 59.6 Å². The van der Waals surface area contributed by atoms with Crippen LogP contribution in [0.15, 0.2) is 58.8 Å². The Bertz CT molecular complexity index is 1420. The molecule has 172 valence electrons. The first-order chi connectivity index (χ1) is 16.6. The molecule has 0 radical (unpaired) electrons. The molecule has 3 aromatic heterocycles. The van der Waals surface area contributed by atoms with Crippen LogP contribution >= 0.6 is 11.8 Å². The number of nitrogens with zero attached hydrogens (tertiary/aromatic N) is 6. The van der Waals surface area contributed by atoms with Crippen molar-refractivity contribution in [1.29, 1.82) is 5.26 Å². The third-order valence-corrected chi connectivity index (χ3v) is 8.40. The highest BCUT2D eigenvalue weighted by Crippen LogP contribution is 2.42. The highest BCUT2D eigenvalue weighted by molar-refractivity contribution is 7.99. The summed E-state index contributed by atoms with van der Waals surface area (Å²) in [6, 6.07) is 9.86. The number of hydrogen-bond donors (Lipinski definition) is 1. The molecule has 0 saturated carbocycles. The van der Waals surface area contributed by atoms with Gasteiger partial charge in [0.25, 0.3) is 0 Å². The van der Waals surface area contributed by atoms with Crippen molar-refractivity contribution in [2.24, 2.45) is 11.1 Å². The molecule has 6 rings (SSSR count). The quantitative estimate of drug-likeness (QED) is 0.483. The monoisotopic (exact) mass is 471 g/mol. The van der Waals surface area contributed by atoms with Crippen LogP contribution in [0.3, 0.4) is 0 Å². The summed E-state index contributed by atoms with van der Waals surface area (Å²) in [6.07, 6.45) is 9.61. The number of nitriles is 1. The van der Waals surface area contributed by atoms with Crippen molar-refractivity contribution in [3.63, 3.8) is 0 Å². The summed E-state index contributed by atoms with van der Waals surface area (Å²) in [5, 5.41) is 10.2. The van der Waals surface area contributed by atoms with Crippen molar-refractivity contribution >= 4 is 34.3 Å². The Labute approximate surface area is 201 Å². The van der Waals surface area contributed by atoms with Crippen LogP contribution in [-0.2, 0) is 4.74 Å². The van der Waals surface area contributed by atoms with Gasteiger partial charge in [-0.15, -0.1) is 0 Å². The molecule has 1 aromatic carbocycles. The molecular formula is C25H25N7OS. The molecule has 0 unspecified atom stereocenters. The van der Waals surface area contributed by atoms with E-state index in [1.807, 2.05) is 42.9 Å². The molecule has 34 heavy (non-hydrogen) atoms. The van der Waals surface area contributed by atoms with Crippen LogP contribution in [-0.4, -0.2) is 51.2 Å². The summed E-state index contributed by atoms with van der Waals surface area (Å²) in [6.45, 7) is 4.62. The smallest absolute Gasteiger partial charge is 0.211 e. The first kappa shape index (κ1) is 21.4. The average Bonchev–Trinajstić information content (AvgIpc) is 3.47. The summed E-state index contributed by atoms with van der Waals surface area (Å²) in [7, 11) is 0. The number of imidazole rings is 1. The molecule has 0 amide bonds. The number of pyridine rings is 1. The predicted octanol–water partition coefficient (Wildman–Crippen LogP) is 3.63. The Morgan fingerprint density at radius 2 is 2.00 bits per heavy atom. The molecule has 2 aliphatic heterocycles. The number of benzene rings is 1. The SMILES string of the molecule is C[C@@H]1OCC2(CCN(c3ncc(Sc4ccnc5cc(C#N)ccc45)c4nccn34)CC2)[C@@H]1N. The van der Waals surface area contributed by atoms with Crippen molar-refractivity contribution in [2.45, 2.75) is 41.7 Å². The fourth-order valence-electron chi connectivity index (χ4n) is 5.21. The lowest BCUT2D eigenvalue weighted by atomic mass is 9.73. The van der Waals surface area contributed by atoms with E-state index in [9.17, 15) is 5.26 Å². The van der Waals surface area contributed by atoms with Crippen LogP contribution in [0.2, 0.25) is 0 Å². The lowest BCUT2D eigenvalue weighted by Gasteiger charge is -2.41. The minimum absolute atomic E-state index is 0.0770. The molecule has 9 heteroatoms. The second kappa shape index (κ2) is 8.24. The van der Waals surface area contributed by atoms with Crippen molar-refractivity contribution in [3.8, 4) is 6.07 Å². The van der Waals surface area contributed by atoms with Crippen molar-refractivity contribution < 1.29 is 4.74 Å². The molecule has 2 saturated heterocycles. The average molecular weight is 472 g/mol. The molecule has 8 nitrogen and oxygen atoms in total. The Balaban J connectivity index is 1.29. The molecule has 1 spiro atoms. The van der Waals surface area contributed by atoms with Gasteiger partial charge >= 0.3 is 0 Å². The minimum Gasteiger partial charge on any atom is -0.376 e. The third-order valence-electron chi connectivity index (χ3n) is 7.31. The van der Waals surface area contributed by atoms with Crippen molar-refractivity contribution in [2.75, 3.05) is 24.6 Å². The fraction of sp³-hybridized carbons (Fsp3) is 0.360. The standard InChI is InChI=1S/C25H25N7OS/c1-16-22(27)25(15-33-16)5-9-31(10-6-25)24-30-14-21(23-29-8-11-32(23)24)34-20-4-7-28-19-12-17(13-26)2-3-18(19)20/h2-4,7-8,11-12,14,16,22H,5-6,9-10,15,27H2,1H3/t16-,22+/m0/s1. The molecule has 2 N–H and O–H groups in total. The van der Waals surface area contributed by atoms with Gasteiger partial charge in [-0.1, -0.05) is 17.8 Å². The maximum absolute atomic E-state index is 9.20. The van der Waals surface area contributed by atoms with Gasteiger partial charge in [0.1, 0.15) is 0 Å². The van der Waals surface area contributed by atoms with E-state index in [2.05, 4.69) is 32.3 Å². The van der Waals surface area contributed by atoms with E-state index in [0.717, 1.165) is 64.8 Å². The summed E-state index contributed by atoms with van der Waals surface area (Å²) in [5.74, 6) is 0.908. The third kappa shape index (κ3) is 3.41. The van der Waals surface area contributed by atoms with Gasteiger partial charge in [-0.25, -0.2) is 9.97 Å². The van der Waals surface area contributed by atoms with Crippen LogP contribution in [0.25, 0.3) is 16.6 Å². The van der Waals surface area contributed by atoms with Crippen LogP contribution in [0.1, 0.15) is 25.3 Å². The number of piperidine rings is 1. The van der Waals surface area contributed by atoms with Gasteiger partial charge in [-0.2, -0.15) is 5.26 Å². The highest BCUT2D eigenvalue weighted by Gasteiger charge is 2.47. The van der Waals surface area contributed by atoms with E-state index in [0.29, 0.717) is 5.56 Å². The van der Waals surface area contributed by atoms with Gasteiger partial charge < -0.3 is 15.4 Å². The van der Waals surface area contributed by atoms with Gasteiger partial charge in [0.15, 0.2) is 5.65 Å². The van der Waals surface area contributed by atoms with Gasteiger partial charge in [0.05, 0.1) is 34.8 Å². The highest BCUT2D eigenvalue weighted by atomic mass is 32.2. The summed E-state index contributed by atoms with van der Waals surface area (Å²) >= 11 is 1.62. The van der Waals surface area contributed by atoms with E-state index < -0.39 is 0 Å². The van der Waals surface area contributed by atoms with Crippen LogP contribution in [0.4, 0.5) is 5.95 Å². The van der Waals surface area contributed by atoms with Crippen molar-refractivity contribution in [1.82, 2.24) is 19.4 Å². The van der Waals surface area contributed by atoms with Crippen LogP contribution < -0.4 is 10.6 Å². The second-order valence-corrected chi connectivity index (χ2v) is 10.3. The predicted molar refractivity (Wildman–Crippen MR) is 131 cm³/mol. The zero-order valence-corrected chi connectivity index (χ0v) is 19.7. The fourth-order valence-corrected chi connectivity index (χ4v) is 6.21. The summed E-state index contributed by atoms with van der Waals surface area (Å²) in [4.78, 5) is 18.3.